The van der Waals surface area contributed by atoms with Gasteiger partial charge in [0.05, 0.1) is 27.2 Å². The zero-order valence-corrected chi connectivity index (χ0v) is 12.3. The van der Waals surface area contributed by atoms with Crippen LogP contribution in [0.1, 0.15) is 11.4 Å². The van der Waals surface area contributed by atoms with Gasteiger partial charge in [-0.3, -0.25) is 0 Å². The number of aromatic nitrogens is 2. The maximum atomic E-state index is 6.09. The summed E-state index contributed by atoms with van der Waals surface area (Å²) in [5.74, 6) is 1.40. The van der Waals surface area contributed by atoms with Gasteiger partial charge in [-0.1, -0.05) is 0 Å². The zero-order valence-electron chi connectivity index (χ0n) is 10.7. The van der Waals surface area contributed by atoms with Crippen LogP contribution in [0.25, 0.3) is 5.69 Å². The first-order valence-electron chi connectivity index (χ1n) is 5.99. The Bertz CT molecular complexity index is 652. The molecule has 2 heterocycles. The van der Waals surface area contributed by atoms with Crippen molar-refractivity contribution < 1.29 is 9.47 Å². The number of hydrogen-bond donors (Lipinski definition) is 1. The van der Waals surface area contributed by atoms with E-state index < -0.39 is 0 Å². The van der Waals surface area contributed by atoms with Crippen molar-refractivity contribution in [2.45, 2.75) is 13.8 Å². The van der Waals surface area contributed by atoms with Crippen molar-refractivity contribution in [1.82, 2.24) is 9.78 Å². The lowest BCUT2D eigenvalue weighted by Gasteiger charge is -2.20. The summed E-state index contributed by atoms with van der Waals surface area (Å²) in [6.45, 7) is 5.04. The van der Waals surface area contributed by atoms with Gasteiger partial charge < -0.3 is 15.2 Å². The lowest BCUT2D eigenvalue weighted by molar-refractivity contribution is 0.171. The van der Waals surface area contributed by atoms with Gasteiger partial charge in [-0.15, -0.1) is 0 Å². The van der Waals surface area contributed by atoms with Gasteiger partial charge in [0.15, 0.2) is 11.5 Å². The Morgan fingerprint density at radius 2 is 1.84 bits per heavy atom. The third-order valence-electron chi connectivity index (χ3n) is 3.12. The maximum absolute atomic E-state index is 6.09. The summed E-state index contributed by atoms with van der Waals surface area (Å²) in [5.41, 5.74) is 9.43. The van der Waals surface area contributed by atoms with Crippen molar-refractivity contribution in [1.29, 1.82) is 0 Å². The second kappa shape index (κ2) is 4.45. The fraction of sp³-hybridized carbons (Fsp3) is 0.308. The van der Waals surface area contributed by atoms with Crippen molar-refractivity contribution >= 4 is 21.6 Å². The molecule has 3 rings (SSSR count). The highest BCUT2D eigenvalue weighted by molar-refractivity contribution is 9.10. The molecule has 0 bridgehead atoms. The molecule has 0 spiro atoms. The van der Waals surface area contributed by atoms with E-state index in [4.69, 9.17) is 15.2 Å². The fourth-order valence-corrected chi connectivity index (χ4v) is 2.38. The lowest BCUT2D eigenvalue weighted by atomic mass is 10.2. The minimum atomic E-state index is 0.553. The highest BCUT2D eigenvalue weighted by atomic mass is 79.9. The molecule has 1 aromatic carbocycles. The molecule has 0 fully saturated rings. The second-order valence-electron chi connectivity index (χ2n) is 4.45. The average molecular weight is 324 g/mol. The standard InChI is InChI=1S/C13H14BrN3O2/c1-7-13(14)8(2)17(16-7)10-6-12-11(5-9(10)15)18-3-4-19-12/h5-6H,3-4,15H2,1-2H3. The molecule has 1 aliphatic heterocycles. The van der Waals surface area contributed by atoms with E-state index in [0.717, 1.165) is 21.5 Å². The van der Waals surface area contributed by atoms with Gasteiger partial charge in [-0.2, -0.15) is 5.10 Å². The van der Waals surface area contributed by atoms with Crippen molar-refractivity contribution in [3.05, 3.63) is 28.0 Å². The van der Waals surface area contributed by atoms with Crippen LogP contribution in [0.2, 0.25) is 0 Å². The largest absolute Gasteiger partial charge is 0.486 e. The van der Waals surface area contributed by atoms with Crippen molar-refractivity contribution in [3.8, 4) is 17.2 Å². The van der Waals surface area contributed by atoms with E-state index in [0.29, 0.717) is 30.4 Å². The van der Waals surface area contributed by atoms with E-state index in [9.17, 15) is 0 Å². The number of ether oxygens (including phenoxy) is 2. The van der Waals surface area contributed by atoms with Crippen LogP contribution in [-0.2, 0) is 0 Å². The summed E-state index contributed by atoms with van der Waals surface area (Å²) >= 11 is 3.52. The molecule has 2 N–H and O–H groups in total. The third-order valence-corrected chi connectivity index (χ3v) is 4.27. The van der Waals surface area contributed by atoms with Crippen LogP contribution in [0, 0.1) is 13.8 Å². The number of halogens is 1. The molecule has 0 unspecified atom stereocenters. The van der Waals surface area contributed by atoms with Gasteiger partial charge in [-0.05, 0) is 29.8 Å². The third kappa shape index (κ3) is 1.96. The van der Waals surface area contributed by atoms with Gasteiger partial charge in [0.1, 0.15) is 13.2 Å². The van der Waals surface area contributed by atoms with Crippen LogP contribution < -0.4 is 15.2 Å². The quantitative estimate of drug-likeness (QED) is 0.819. The van der Waals surface area contributed by atoms with Gasteiger partial charge in [0, 0.05) is 12.1 Å². The molecule has 0 aliphatic carbocycles. The predicted octanol–water partition coefficient (Wildman–Crippen LogP) is 2.61. The van der Waals surface area contributed by atoms with Crippen LogP contribution in [0.15, 0.2) is 16.6 Å². The number of aryl methyl sites for hydroxylation is 1. The van der Waals surface area contributed by atoms with E-state index >= 15 is 0 Å². The van der Waals surface area contributed by atoms with Gasteiger partial charge in [0.25, 0.3) is 0 Å². The number of benzene rings is 1. The van der Waals surface area contributed by atoms with Crippen LogP contribution in [0.4, 0.5) is 5.69 Å². The van der Waals surface area contributed by atoms with Crippen LogP contribution in [0.5, 0.6) is 11.5 Å². The van der Waals surface area contributed by atoms with E-state index in [1.807, 2.05) is 24.6 Å². The molecule has 0 amide bonds. The first kappa shape index (κ1) is 12.3. The molecule has 5 nitrogen and oxygen atoms in total. The number of nitrogens with two attached hydrogens (primary N) is 1. The highest BCUT2D eigenvalue weighted by Crippen LogP contribution is 2.37. The lowest BCUT2D eigenvalue weighted by Crippen LogP contribution is -2.16. The SMILES string of the molecule is Cc1nn(-c2cc3c(cc2N)OCCO3)c(C)c1Br. The first-order chi connectivity index (χ1) is 9.08. The number of anilines is 1. The molecular weight excluding hydrogens is 310 g/mol. The summed E-state index contributed by atoms with van der Waals surface area (Å²) in [7, 11) is 0. The summed E-state index contributed by atoms with van der Waals surface area (Å²) < 4.78 is 13.9. The normalized spacial score (nSPS) is 13.6. The molecule has 100 valence electrons. The van der Waals surface area contributed by atoms with E-state index in [-0.39, 0.29) is 0 Å². The van der Waals surface area contributed by atoms with Gasteiger partial charge >= 0.3 is 0 Å². The molecule has 6 heteroatoms. The summed E-state index contributed by atoms with van der Waals surface area (Å²) in [6.07, 6.45) is 0. The van der Waals surface area contributed by atoms with Gasteiger partial charge in [-0.25, -0.2) is 4.68 Å². The Kier molecular flexibility index (Phi) is 2.89. The fourth-order valence-electron chi connectivity index (χ4n) is 2.14. The number of nitrogens with zero attached hydrogens (tertiary/aromatic N) is 2. The van der Waals surface area contributed by atoms with Gasteiger partial charge in [0.2, 0.25) is 0 Å². The van der Waals surface area contributed by atoms with Crippen LogP contribution in [0.3, 0.4) is 0 Å². The Morgan fingerprint density at radius 3 is 2.42 bits per heavy atom. The van der Waals surface area contributed by atoms with Crippen molar-refractivity contribution in [2.75, 3.05) is 18.9 Å². The second-order valence-corrected chi connectivity index (χ2v) is 5.24. The topological polar surface area (TPSA) is 62.3 Å². The Labute approximate surface area is 119 Å². The summed E-state index contributed by atoms with van der Waals surface area (Å²) in [5, 5.41) is 4.48. The maximum Gasteiger partial charge on any atom is 0.163 e. The highest BCUT2D eigenvalue weighted by Gasteiger charge is 2.18. The van der Waals surface area contributed by atoms with E-state index in [1.165, 1.54) is 0 Å². The van der Waals surface area contributed by atoms with Crippen LogP contribution in [-0.4, -0.2) is 23.0 Å². The Hall–Kier alpha value is -1.69. The molecule has 0 saturated heterocycles. The molecule has 0 saturated carbocycles. The number of hydrogen-bond acceptors (Lipinski definition) is 4. The molecule has 1 aromatic heterocycles. The summed E-state index contributed by atoms with van der Waals surface area (Å²) in [6, 6.07) is 3.66. The molecule has 0 atom stereocenters. The molecular formula is C13H14BrN3O2. The number of rotatable bonds is 1. The van der Waals surface area contributed by atoms with Crippen molar-refractivity contribution in [2.24, 2.45) is 0 Å². The predicted molar refractivity (Wildman–Crippen MR) is 76.1 cm³/mol. The smallest absolute Gasteiger partial charge is 0.163 e. The average Bonchev–Trinajstić information content (AvgIpc) is 2.66. The van der Waals surface area contributed by atoms with E-state index in [1.54, 1.807) is 6.07 Å². The van der Waals surface area contributed by atoms with Crippen molar-refractivity contribution in [3.63, 3.8) is 0 Å². The Morgan fingerprint density at radius 1 is 1.21 bits per heavy atom. The number of fused-ring (bicyclic) bond motifs is 1. The van der Waals surface area contributed by atoms with Crippen LogP contribution >= 0.6 is 15.9 Å². The molecule has 0 radical (unpaired) electrons. The first-order valence-corrected chi connectivity index (χ1v) is 6.78. The van der Waals surface area contributed by atoms with E-state index in [2.05, 4.69) is 21.0 Å². The molecule has 19 heavy (non-hydrogen) atoms. The molecule has 2 aromatic rings. The number of nitrogen functional groups attached to an aromatic ring is 1. The monoisotopic (exact) mass is 323 g/mol. The minimum Gasteiger partial charge on any atom is -0.486 e. The Balaban J connectivity index is 2.17. The minimum absolute atomic E-state index is 0.553. The summed E-state index contributed by atoms with van der Waals surface area (Å²) in [4.78, 5) is 0. The zero-order chi connectivity index (χ0) is 13.6. The molecule has 1 aliphatic rings.